The molecule has 20 heavy (non-hydrogen) atoms. The van der Waals surface area contributed by atoms with Crippen molar-refractivity contribution in [3.63, 3.8) is 0 Å². The van der Waals surface area contributed by atoms with Gasteiger partial charge in [0, 0.05) is 12.6 Å². The molecule has 1 unspecified atom stereocenters. The van der Waals surface area contributed by atoms with Gasteiger partial charge in [0.15, 0.2) is 0 Å². The second-order valence-electron chi connectivity index (χ2n) is 4.27. The number of likely N-dealkylation sites (N-methyl/N-ethyl adjacent to an activating group) is 1. The van der Waals surface area contributed by atoms with Crippen molar-refractivity contribution in [1.29, 1.82) is 0 Å². The number of rotatable bonds is 8. The molecule has 1 atom stereocenters. The van der Waals surface area contributed by atoms with Crippen molar-refractivity contribution < 1.29 is 14.3 Å². The Hall–Kier alpha value is -1.46. The number of halogens is 1. The zero-order chi connectivity index (χ0) is 14.1. The van der Waals surface area contributed by atoms with Crippen LogP contribution < -0.4 is 20.1 Å². The van der Waals surface area contributed by atoms with Crippen LogP contribution >= 0.6 is 12.4 Å². The summed E-state index contributed by atoms with van der Waals surface area (Å²) in [6.07, 6.45) is 0.350. The van der Waals surface area contributed by atoms with E-state index in [1.165, 1.54) is 0 Å². The smallest absolute Gasteiger partial charge is 0.223 e. The lowest BCUT2D eigenvalue weighted by Gasteiger charge is -2.11. The molecular weight excluding hydrogens is 280 g/mol. The number of nitrogens with one attached hydrogen (secondary N) is 2. The van der Waals surface area contributed by atoms with Gasteiger partial charge in [-0.05, 0) is 38.2 Å². The molecule has 1 aromatic rings. The fraction of sp³-hybridized carbons (Fsp3) is 0.500. The third-order valence-electron chi connectivity index (χ3n) is 2.76. The van der Waals surface area contributed by atoms with Gasteiger partial charge in [-0.25, -0.2) is 0 Å². The van der Waals surface area contributed by atoms with E-state index >= 15 is 0 Å². The van der Waals surface area contributed by atoms with Gasteiger partial charge in [0.05, 0.1) is 20.1 Å². The maximum Gasteiger partial charge on any atom is 0.223 e. The zero-order valence-electron chi connectivity index (χ0n) is 12.1. The molecule has 2 N–H and O–H groups in total. The van der Waals surface area contributed by atoms with E-state index in [4.69, 9.17) is 9.47 Å². The number of hydrogen-bond donors (Lipinski definition) is 2. The van der Waals surface area contributed by atoms with Crippen molar-refractivity contribution in [1.82, 2.24) is 10.6 Å². The second kappa shape index (κ2) is 10.3. The van der Waals surface area contributed by atoms with E-state index < -0.39 is 0 Å². The minimum absolute atomic E-state index is 0. The van der Waals surface area contributed by atoms with Crippen LogP contribution in [0.15, 0.2) is 24.3 Å². The fourth-order valence-corrected chi connectivity index (χ4v) is 1.39. The second-order valence-corrected chi connectivity index (χ2v) is 4.27. The number of hydrogen-bond acceptors (Lipinski definition) is 4. The van der Waals surface area contributed by atoms with E-state index in [0.717, 1.165) is 11.5 Å². The minimum Gasteiger partial charge on any atom is -0.497 e. The summed E-state index contributed by atoms with van der Waals surface area (Å²) in [7, 11) is 3.48. The first-order valence-corrected chi connectivity index (χ1v) is 6.36. The standard InChI is InChI=1S/C14H22N2O3.ClH/c1-11(15-2)10-16-14(17)8-9-19-13-6-4-12(18-3)5-7-13;/h4-7,11,15H,8-10H2,1-3H3,(H,16,17);1H. The molecule has 0 heterocycles. The first-order valence-electron chi connectivity index (χ1n) is 6.36. The SMILES string of the molecule is CNC(C)CNC(=O)CCOc1ccc(OC)cc1.Cl. The Balaban J connectivity index is 0.00000361. The van der Waals surface area contributed by atoms with Crippen LogP contribution in [-0.4, -0.2) is 39.3 Å². The first-order chi connectivity index (χ1) is 9.15. The van der Waals surface area contributed by atoms with E-state index in [1.54, 1.807) is 7.11 Å². The van der Waals surface area contributed by atoms with Crippen LogP contribution in [0.25, 0.3) is 0 Å². The summed E-state index contributed by atoms with van der Waals surface area (Å²) in [4.78, 5) is 11.5. The molecule has 114 valence electrons. The molecule has 1 amide bonds. The highest BCUT2D eigenvalue weighted by atomic mass is 35.5. The average molecular weight is 303 g/mol. The lowest BCUT2D eigenvalue weighted by molar-refractivity contribution is -0.121. The van der Waals surface area contributed by atoms with Crippen LogP contribution in [0, 0.1) is 0 Å². The molecule has 0 fully saturated rings. The van der Waals surface area contributed by atoms with Gasteiger partial charge in [0.2, 0.25) is 5.91 Å². The van der Waals surface area contributed by atoms with Crippen LogP contribution in [0.3, 0.4) is 0 Å². The predicted molar refractivity (Wildman–Crippen MR) is 81.9 cm³/mol. The summed E-state index contributed by atoms with van der Waals surface area (Å²) in [5.74, 6) is 1.51. The van der Waals surface area contributed by atoms with Gasteiger partial charge < -0.3 is 20.1 Å². The maximum atomic E-state index is 11.5. The molecule has 0 aliphatic carbocycles. The summed E-state index contributed by atoms with van der Waals surface area (Å²) in [5, 5.41) is 5.89. The molecule has 0 saturated heterocycles. The monoisotopic (exact) mass is 302 g/mol. The molecule has 0 saturated carbocycles. The van der Waals surface area contributed by atoms with Crippen LogP contribution in [0.4, 0.5) is 0 Å². The van der Waals surface area contributed by atoms with Crippen molar-refractivity contribution in [3.05, 3.63) is 24.3 Å². The van der Waals surface area contributed by atoms with Gasteiger partial charge >= 0.3 is 0 Å². The van der Waals surface area contributed by atoms with Crippen LogP contribution in [0.2, 0.25) is 0 Å². The predicted octanol–water partition coefficient (Wildman–Crippen LogP) is 1.61. The van der Waals surface area contributed by atoms with E-state index in [2.05, 4.69) is 10.6 Å². The molecule has 1 aromatic carbocycles. The third-order valence-corrected chi connectivity index (χ3v) is 2.76. The van der Waals surface area contributed by atoms with Crippen LogP contribution in [0.5, 0.6) is 11.5 Å². The summed E-state index contributed by atoms with van der Waals surface area (Å²) in [6.45, 7) is 3.00. The largest absolute Gasteiger partial charge is 0.497 e. The molecule has 0 aliphatic rings. The Bertz CT molecular complexity index is 385. The minimum atomic E-state index is -0.00406. The Morgan fingerprint density at radius 1 is 1.25 bits per heavy atom. The highest BCUT2D eigenvalue weighted by molar-refractivity contribution is 5.85. The van der Waals surface area contributed by atoms with Crippen molar-refractivity contribution >= 4 is 18.3 Å². The average Bonchev–Trinajstić information content (AvgIpc) is 2.45. The van der Waals surface area contributed by atoms with Gasteiger partial charge in [0.1, 0.15) is 11.5 Å². The first kappa shape index (κ1) is 18.5. The van der Waals surface area contributed by atoms with Crippen LogP contribution in [-0.2, 0) is 4.79 Å². The van der Waals surface area contributed by atoms with Gasteiger partial charge in [0.25, 0.3) is 0 Å². The number of methoxy groups -OCH3 is 1. The van der Waals surface area contributed by atoms with Crippen molar-refractivity contribution in [2.24, 2.45) is 0 Å². The van der Waals surface area contributed by atoms with E-state index in [0.29, 0.717) is 19.6 Å². The lowest BCUT2D eigenvalue weighted by Crippen LogP contribution is -2.37. The highest BCUT2D eigenvalue weighted by Crippen LogP contribution is 2.16. The zero-order valence-corrected chi connectivity index (χ0v) is 13.0. The molecule has 5 nitrogen and oxygen atoms in total. The number of carbonyl (C=O) groups excluding carboxylic acids is 1. The summed E-state index contributed by atoms with van der Waals surface area (Å²) < 4.78 is 10.5. The molecule has 0 radical (unpaired) electrons. The van der Waals surface area contributed by atoms with Gasteiger partial charge in [-0.2, -0.15) is 0 Å². The molecule has 1 rings (SSSR count). The fourth-order valence-electron chi connectivity index (χ4n) is 1.39. The Morgan fingerprint density at radius 3 is 2.40 bits per heavy atom. The molecule has 6 heteroatoms. The number of amides is 1. The van der Waals surface area contributed by atoms with Gasteiger partial charge in [-0.1, -0.05) is 0 Å². The molecular formula is C14H23ClN2O3. The summed E-state index contributed by atoms with van der Waals surface area (Å²) >= 11 is 0. The van der Waals surface area contributed by atoms with Gasteiger partial charge in [-0.15, -0.1) is 12.4 Å². The number of benzene rings is 1. The highest BCUT2D eigenvalue weighted by Gasteiger charge is 2.04. The quantitative estimate of drug-likeness (QED) is 0.766. The number of ether oxygens (including phenoxy) is 2. The summed E-state index contributed by atoms with van der Waals surface area (Å²) in [6, 6.07) is 7.56. The summed E-state index contributed by atoms with van der Waals surface area (Å²) in [5.41, 5.74) is 0. The van der Waals surface area contributed by atoms with E-state index in [-0.39, 0.29) is 24.4 Å². The third kappa shape index (κ3) is 7.21. The van der Waals surface area contributed by atoms with Crippen molar-refractivity contribution in [2.75, 3.05) is 27.3 Å². The Kier molecular flexibility index (Phi) is 9.59. The Morgan fingerprint density at radius 2 is 1.85 bits per heavy atom. The van der Waals surface area contributed by atoms with Crippen molar-refractivity contribution in [3.8, 4) is 11.5 Å². The Labute approximate surface area is 126 Å². The lowest BCUT2D eigenvalue weighted by atomic mass is 10.3. The van der Waals surface area contributed by atoms with E-state index in [1.807, 2.05) is 38.2 Å². The number of carbonyl (C=O) groups is 1. The van der Waals surface area contributed by atoms with Gasteiger partial charge in [-0.3, -0.25) is 4.79 Å². The molecule has 0 aliphatic heterocycles. The molecule has 0 aromatic heterocycles. The van der Waals surface area contributed by atoms with Crippen molar-refractivity contribution in [2.45, 2.75) is 19.4 Å². The normalized spacial score (nSPS) is 11.2. The van der Waals surface area contributed by atoms with E-state index in [9.17, 15) is 4.79 Å². The molecule has 0 bridgehead atoms. The maximum absolute atomic E-state index is 11.5. The van der Waals surface area contributed by atoms with Crippen LogP contribution in [0.1, 0.15) is 13.3 Å². The topological polar surface area (TPSA) is 59.6 Å². The molecule has 0 spiro atoms.